The smallest absolute Gasteiger partial charge is 0.255 e. The molecule has 2 N–H and O–H groups in total. The van der Waals surface area contributed by atoms with Crippen LogP contribution in [0.15, 0.2) is 23.2 Å². The van der Waals surface area contributed by atoms with Crippen LogP contribution in [-0.2, 0) is 16.8 Å². The summed E-state index contributed by atoms with van der Waals surface area (Å²) in [5.74, 6) is -3.76. The summed E-state index contributed by atoms with van der Waals surface area (Å²) in [5, 5.41) is 0. The molecule has 1 aliphatic rings. The first kappa shape index (κ1) is 23.3. The van der Waals surface area contributed by atoms with Crippen LogP contribution in [0.5, 0.6) is 5.88 Å². The molecule has 0 bridgehead atoms. The molecule has 0 saturated carbocycles. The standard InChI is InChI=1S/C21H25F3N6O2/c1-6-15-16(24)17(32-5)27-20(26-15)29(3)10-21(13-9-12(22)7-8-14(13)23)11(2)18(31)30(4)19(25)28-21/h7-9,11H,6,10H2,1-5H3,(H2,25,28)/t11-,21-/m0/s1. The number of likely N-dealkylation sites (N-methyl/N-ethyl adjacent to an activating group) is 1. The quantitative estimate of drug-likeness (QED) is 0.725. The lowest BCUT2D eigenvalue weighted by Crippen LogP contribution is -2.57. The summed E-state index contributed by atoms with van der Waals surface area (Å²) in [6.07, 6.45) is 0.278. The van der Waals surface area contributed by atoms with Gasteiger partial charge in [-0.2, -0.15) is 9.37 Å². The summed E-state index contributed by atoms with van der Waals surface area (Å²) in [6.45, 7) is 3.14. The maximum atomic E-state index is 14.9. The third-order valence-corrected chi connectivity index (χ3v) is 5.70. The van der Waals surface area contributed by atoms with Gasteiger partial charge in [0, 0.05) is 19.7 Å². The zero-order valence-electron chi connectivity index (χ0n) is 18.5. The van der Waals surface area contributed by atoms with Crippen molar-refractivity contribution in [2.24, 2.45) is 16.6 Å². The number of benzene rings is 1. The van der Waals surface area contributed by atoms with Gasteiger partial charge in [0.1, 0.15) is 17.2 Å². The van der Waals surface area contributed by atoms with Gasteiger partial charge in [-0.1, -0.05) is 13.8 Å². The second-order valence-electron chi connectivity index (χ2n) is 7.64. The predicted octanol–water partition coefficient (Wildman–Crippen LogP) is 2.22. The first-order valence-electron chi connectivity index (χ1n) is 9.95. The average molecular weight is 450 g/mol. The Balaban J connectivity index is 2.18. The highest BCUT2D eigenvalue weighted by Crippen LogP contribution is 2.40. The fraction of sp³-hybridized carbons (Fsp3) is 0.429. The van der Waals surface area contributed by atoms with Crippen molar-refractivity contribution in [1.29, 1.82) is 0 Å². The van der Waals surface area contributed by atoms with Gasteiger partial charge >= 0.3 is 0 Å². The van der Waals surface area contributed by atoms with Crippen molar-refractivity contribution >= 4 is 17.8 Å². The number of guanidine groups is 1. The van der Waals surface area contributed by atoms with Crippen molar-refractivity contribution in [3.63, 3.8) is 0 Å². The molecule has 1 amide bonds. The van der Waals surface area contributed by atoms with Crippen molar-refractivity contribution in [2.75, 3.05) is 32.6 Å². The molecule has 2 aromatic rings. The van der Waals surface area contributed by atoms with Crippen LogP contribution in [0.4, 0.5) is 19.1 Å². The fourth-order valence-corrected chi connectivity index (χ4v) is 3.79. The van der Waals surface area contributed by atoms with Crippen molar-refractivity contribution < 1.29 is 22.7 Å². The zero-order chi connectivity index (χ0) is 23.8. The number of aromatic nitrogens is 2. The van der Waals surface area contributed by atoms with E-state index in [4.69, 9.17) is 10.5 Å². The number of aryl methyl sites for hydroxylation is 1. The van der Waals surface area contributed by atoms with E-state index in [1.807, 2.05) is 0 Å². The summed E-state index contributed by atoms with van der Waals surface area (Å²) in [5.41, 5.74) is 4.38. The molecule has 1 aliphatic heterocycles. The van der Waals surface area contributed by atoms with E-state index in [-0.39, 0.29) is 42.0 Å². The summed E-state index contributed by atoms with van der Waals surface area (Å²) in [6, 6.07) is 2.95. The molecule has 3 rings (SSSR count). The van der Waals surface area contributed by atoms with Crippen LogP contribution < -0.4 is 15.4 Å². The molecular formula is C21H25F3N6O2. The molecule has 2 atom stereocenters. The van der Waals surface area contributed by atoms with Gasteiger partial charge in [-0.25, -0.2) is 18.8 Å². The van der Waals surface area contributed by atoms with E-state index in [2.05, 4.69) is 15.0 Å². The Hall–Kier alpha value is -3.37. The second-order valence-corrected chi connectivity index (χ2v) is 7.64. The van der Waals surface area contributed by atoms with E-state index in [1.165, 1.54) is 19.1 Å². The van der Waals surface area contributed by atoms with Gasteiger partial charge < -0.3 is 15.4 Å². The number of nitrogens with two attached hydrogens (primary N) is 1. The highest BCUT2D eigenvalue weighted by Gasteiger charge is 2.49. The Kier molecular flexibility index (Phi) is 6.29. The van der Waals surface area contributed by atoms with Crippen LogP contribution in [0.25, 0.3) is 0 Å². The minimum atomic E-state index is -1.59. The molecule has 0 spiro atoms. The number of carbonyl (C=O) groups excluding carboxylic acids is 1. The van der Waals surface area contributed by atoms with Gasteiger partial charge in [-0.05, 0) is 24.6 Å². The first-order chi connectivity index (χ1) is 15.0. The topological polar surface area (TPSA) is 96.9 Å². The maximum absolute atomic E-state index is 14.9. The maximum Gasteiger partial charge on any atom is 0.255 e. The normalized spacial score (nSPS) is 20.9. The molecule has 0 unspecified atom stereocenters. The molecule has 2 heterocycles. The highest BCUT2D eigenvalue weighted by molar-refractivity contribution is 6.00. The molecular weight excluding hydrogens is 425 g/mol. The SMILES string of the molecule is CCc1nc(N(C)C[C@]2(c3cc(F)ccc3F)N=C(N)N(C)C(=O)[C@@H]2C)nc(OC)c1F. The molecule has 0 fully saturated rings. The van der Waals surface area contributed by atoms with Crippen LogP contribution in [-0.4, -0.2) is 54.5 Å². The van der Waals surface area contributed by atoms with Crippen LogP contribution in [0.3, 0.4) is 0 Å². The summed E-state index contributed by atoms with van der Waals surface area (Å²) < 4.78 is 48.5. The number of ether oxygens (including phenoxy) is 1. The average Bonchev–Trinajstić information content (AvgIpc) is 2.77. The van der Waals surface area contributed by atoms with Gasteiger partial charge in [0.25, 0.3) is 5.88 Å². The zero-order valence-corrected chi connectivity index (χ0v) is 18.5. The van der Waals surface area contributed by atoms with Crippen molar-refractivity contribution in [1.82, 2.24) is 14.9 Å². The van der Waals surface area contributed by atoms with Crippen molar-refractivity contribution in [3.05, 3.63) is 46.9 Å². The number of carbonyl (C=O) groups is 1. The minimum absolute atomic E-state index is 0.0728. The summed E-state index contributed by atoms with van der Waals surface area (Å²) in [7, 11) is 4.31. The number of amides is 1. The van der Waals surface area contributed by atoms with Gasteiger partial charge in [0.15, 0.2) is 5.96 Å². The van der Waals surface area contributed by atoms with E-state index in [0.717, 1.165) is 23.1 Å². The lowest BCUT2D eigenvalue weighted by molar-refractivity contribution is -0.133. The molecule has 0 radical (unpaired) electrons. The number of rotatable bonds is 6. The summed E-state index contributed by atoms with van der Waals surface area (Å²) >= 11 is 0. The molecule has 1 aromatic heterocycles. The van der Waals surface area contributed by atoms with Crippen LogP contribution in [0.1, 0.15) is 25.1 Å². The van der Waals surface area contributed by atoms with E-state index < -0.39 is 34.8 Å². The molecule has 11 heteroatoms. The Labute approximate surface area is 183 Å². The fourth-order valence-electron chi connectivity index (χ4n) is 3.79. The lowest BCUT2D eigenvalue weighted by atomic mass is 9.76. The third kappa shape index (κ3) is 3.82. The Morgan fingerprint density at radius 2 is 1.97 bits per heavy atom. The first-order valence-corrected chi connectivity index (χ1v) is 9.95. The van der Waals surface area contributed by atoms with Crippen molar-refractivity contribution in [2.45, 2.75) is 25.8 Å². The number of halogens is 3. The van der Waals surface area contributed by atoms with Gasteiger partial charge in [0.2, 0.25) is 17.7 Å². The largest absolute Gasteiger partial charge is 0.479 e. The molecule has 8 nitrogen and oxygen atoms in total. The van der Waals surface area contributed by atoms with Gasteiger partial charge in [0.05, 0.1) is 25.3 Å². The van der Waals surface area contributed by atoms with Crippen LogP contribution >= 0.6 is 0 Å². The van der Waals surface area contributed by atoms with Crippen LogP contribution in [0.2, 0.25) is 0 Å². The van der Waals surface area contributed by atoms with E-state index >= 15 is 0 Å². The van der Waals surface area contributed by atoms with E-state index in [9.17, 15) is 18.0 Å². The molecule has 32 heavy (non-hydrogen) atoms. The Morgan fingerprint density at radius 3 is 2.59 bits per heavy atom. The van der Waals surface area contributed by atoms with E-state index in [1.54, 1.807) is 20.9 Å². The van der Waals surface area contributed by atoms with Gasteiger partial charge in [-0.3, -0.25) is 9.69 Å². The lowest BCUT2D eigenvalue weighted by Gasteiger charge is -2.43. The number of methoxy groups -OCH3 is 1. The molecule has 0 aliphatic carbocycles. The summed E-state index contributed by atoms with van der Waals surface area (Å²) in [4.78, 5) is 28.3. The number of hydrogen-bond donors (Lipinski definition) is 1. The molecule has 1 aromatic carbocycles. The molecule has 0 saturated heterocycles. The predicted molar refractivity (Wildman–Crippen MR) is 113 cm³/mol. The second kappa shape index (κ2) is 8.64. The van der Waals surface area contributed by atoms with Crippen molar-refractivity contribution in [3.8, 4) is 5.88 Å². The Bertz CT molecular complexity index is 1050. The number of nitrogens with zero attached hydrogens (tertiary/aromatic N) is 5. The number of anilines is 1. The number of aliphatic imine (C=N–C) groups is 1. The monoisotopic (exact) mass is 450 g/mol. The Morgan fingerprint density at radius 1 is 1.28 bits per heavy atom. The third-order valence-electron chi connectivity index (χ3n) is 5.70. The van der Waals surface area contributed by atoms with E-state index in [0.29, 0.717) is 0 Å². The minimum Gasteiger partial charge on any atom is -0.479 e. The highest BCUT2D eigenvalue weighted by atomic mass is 19.1. The molecule has 172 valence electrons. The van der Waals surface area contributed by atoms with Gasteiger partial charge in [-0.15, -0.1) is 0 Å². The van der Waals surface area contributed by atoms with Crippen LogP contribution in [0, 0.1) is 23.4 Å². The number of hydrogen-bond acceptors (Lipinski definition) is 7.